The lowest BCUT2D eigenvalue weighted by atomic mass is 10.1. The first-order chi connectivity index (χ1) is 11.2. The fourth-order valence-electron chi connectivity index (χ4n) is 2.78. The second-order valence-electron chi connectivity index (χ2n) is 6.33. The van der Waals surface area contributed by atoms with Gasteiger partial charge in [0.25, 0.3) is 0 Å². The second-order valence-corrected chi connectivity index (χ2v) is 6.33. The Hall–Kier alpha value is -0.460. The molecule has 0 aromatic heterocycles. The molecule has 136 valence electrons. The lowest BCUT2D eigenvalue weighted by Gasteiger charge is -2.20. The van der Waals surface area contributed by atoms with E-state index >= 15 is 0 Å². The molecule has 0 aliphatic carbocycles. The largest absolute Gasteiger partial charge is 0.388 e. The van der Waals surface area contributed by atoms with Crippen molar-refractivity contribution < 1.29 is 24.8 Å². The van der Waals surface area contributed by atoms with Crippen LogP contribution in [-0.2, 0) is 9.47 Å². The van der Waals surface area contributed by atoms with Gasteiger partial charge in [-0.15, -0.1) is 0 Å². The van der Waals surface area contributed by atoms with Gasteiger partial charge in [-0.05, 0) is 26.2 Å². The van der Waals surface area contributed by atoms with Crippen LogP contribution in [0, 0.1) is 0 Å². The SMILES string of the molecule is C/C=C/CCCCCCCCCOC[C@H](O)[C@H]1OC[C@@H](O)[C@H]1O. The Labute approximate surface area is 140 Å². The van der Waals surface area contributed by atoms with E-state index in [2.05, 4.69) is 19.1 Å². The average Bonchev–Trinajstić information content (AvgIpc) is 2.88. The van der Waals surface area contributed by atoms with Gasteiger partial charge in [0.1, 0.15) is 24.4 Å². The van der Waals surface area contributed by atoms with E-state index in [1.165, 1.54) is 38.5 Å². The summed E-state index contributed by atoms with van der Waals surface area (Å²) in [5.74, 6) is 0. The summed E-state index contributed by atoms with van der Waals surface area (Å²) in [5, 5.41) is 28.9. The summed E-state index contributed by atoms with van der Waals surface area (Å²) in [5.41, 5.74) is 0. The number of ether oxygens (including phenoxy) is 2. The summed E-state index contributed by atoms with van der Waals surface area (Å²) < 4.78 is 10.6. The molecule has 0 amide bonds. The second kappa shape index (κ2) is 12.9. The summed E-state index contributed by atoms with van der Waals surface area (Å²) in [7, 11) is 0. The minimum atomic E-state index is -1.03. The monoisotopic (exact) mass is 330 g/mol. The summed E-state index contributed by atoms with van der Waals surface area (Å²) >= 11 is 0. The molecule has 1 saturated heterocycles. The molecular weight excluding hydrogens is 296 g/mol. The smallest absolute Gasteiger partial charge is 0.114 e. The van der Waals surface area contributed by atoms with Gasteiger partial charge in [-0.25, -0.2) is 0 Å². The summed E-state index contributed by atoms with van der Waals surface area (Å²) in [6.45, 7) is 2.88. The Morgan fingerprint density at radius 3 is 2.35 bits per heavy atom. The molecule has 1 rings (SSSR count). The molecule has 0 spiro atoms. The molecule has 0 aromatic rings. The first-order valence-electron chi connectivity index (χ1n) is 9.01. The Bertz CT molecular complexity index is 308. The number of allylic oxidation sites excluding steroid dienone is 2. The highest BCUT2D eigenvalue weighted by Crippen LogP contribution is 2.18. The highest BCUT2D eigenvalue weighted by Gasteiger charge is 2.39. The van der Waals surface area contributed by atoms with Gasteiger partial charge in [-0.3, -0.25) is 0 Å². The van der Waals surface area contributed by atoms with Crippen LogP contribution in [-0.4, -0.2) is 59.6 Å². The third kappa shape index (κ3) is 8.82. The molecule has 0 aromatic carbocycles. The molecule has 5 heteroatoms. The quantitative estimate of drug-likeness (QED) is 0.356. The van der Waals surface area contributed by atoms with Crippen LogP contribution in [0.15, 0.2) is 12.2 Å². The Morgan fingerprint density at radius 2 is 1.74 bits per heavy atom. The van der Waals surface area contributed by atoms with Crippen LogP contribution in [0.1, 0.15) is 58.3 Å². The zero-order chi connectivity index (χ0) is 16.9. The lowest BCUT2D eigenvalue weighted by Crippen LogP contribution is -2.40. The minimum Gasteiger partial charge on any atom is -0.388 e. The van der Waals surface area contributed by atoms with E-state index in [-0.39, 0.29) is 13.2 Å². The maximum absolute atomic E-state index is 9.87. The van der Waals surface area contributed by atoms with Gasteiger partial charge in [0.2, 0.25) is 0 Å². The van der Waals surface area contributed by atoms with Crippen molar-refractivity contribution >= 4 is 0 Å². The highest BCUT2D eigenvalue weighted by atomic mass is 16.5. The van der Waals surface area contributed by atoms with E-state index in [1.54, 1.807) is 0 Å². The van der Waals surface area contributed by atoms with Gasteiger partial charge < -0.3 is 24.8 Å². The van der Waals surface area contributed by atoms with Gasteiger partial charge in [0.15, 0.2) is 0 Å². The van der Waals surface area contributed by atoms with Gasteiger partial charge in [0, 0.05) is 6.61 Å². The molecule has 23 heavy (non-hydrogen) atoms. The van der Waals surface area contributed by atoms with Crippen molar-refractivity contribution in [1.29, 1.82) is 0 Å². The van der Waals surface area contributed by atoms with Crippen molar-refractivity contribution in [2.24, 2.45) is 0 Å². The van der Waals surface area contributed by atoms with E-state index in [4.69, 9.17) is 9.47 Å². The number of unbranched alkanes of at least 4 members (excludes halogenated alkanes) is 7. The Balaban J connectivity index is 1.86. The van der Waals surface area contributed by atoms with Crippen LogP contribution in [0.2, 0.25) is 0 Å². The molecule has 1 aliphatic rings. The number of aliphatic hydroxyl groups is 3. The van der Waals surface area contributed by atoms with E-state index in [1.807, 2.05) is 0 Å². The topological polar surface area (TPSA) is 79.2 Å². The number of hydrogen-bond acceptors (Lipinski definition) is 5. The number of aliphatic hydroxyl groups excluding tert-OH is 3. The van der Waals surface area contributed by atoms with Crippen LogP contribution in [0.25, 0.3) is 0 Å². The zero-order valence-corrected chi connectivity index (χ0v) is 14.4. The van der Waals surface area contributed by atoms with E-state index in [0.717, 1.165) is 12.8 Å². The van der Waals surface area contributed by atoms with Crippen LogP contribution in [0.4, 0.5) is 0 Å². The third-order valence-corrected chi connectivity index (χ3v) is 4.25. The highest BCUT2D eigenvalue weighted by molar-refractivity contribution is 4.87. The van der Waals surface area contributed by atoms with E-state index < -0.39 is 24.4 Å². The van der Waals surface area contributed by atoms with Crippen molar-refractivity contribution in [3.05, 3.63) is 12.2 Å². The van der Waals surface area contributed by atoms with Gasteiger partial charge in [0.05, 0.1) is 13.2 Å². The molecule has 0 radical (unpaired) electrons. The molecule has 0 unspecified atom stereocenters. The average molecular weight is 330 g/mol. The van der Waals surface area contributed by atoms with E-state index in [9.17, 15) is 15.3 Å². The predicted molar refractivity (Wildman–Crippen MR) is 90.3 cm³/mol. The minimum absolute atomic E-state index is 0.0671. The Morgan fingerprint density at radius 1 is 1.09 bits per heavy atom. The molecule has 5 nitrogen and oxygen atoms in total. The van der Waals surface area contributed by atoms with Crippen molar-refractivity contribution in [3.8, 4) is 0 Å². The first-order valence-corrected chi connectivity index (χ1v) is 9.01. The van der Waals surface area contributed by atoms with Gasteiger partial charge in [-0.1, -0.05) is 44.3 Å². The number of hydrogen-bond donors (Lipinski definition) is 3. The fraction of sp³-hybridized carbons (Fsp3) is 0.889. The standard InChI is InChI=1S/C18H34O5/c1-2-3-4-5-6-7-8-9-10-11-12-22-13-16(20)18-17(21)15(19)14-23-18/h2-3,15-21H,4-14H2,1H3/b3-2+/t15-,16+,17-,18-/m1/s1. The lowest BCUT2D eigenvalue weighted by molar-refractivity contribution is -0.0813. The normalized spacial score (nSPS) is 26.2. The molecule has 1 fully saturated rings. The maximum Gasteiger partial charge on any atom is 0.114 e. The molecule has 3 N–H and O–H groups in total. The summed E-state index contributed by atoms with van der Waals surface area (Å²) in [4.78, 5) is 0. The predicted octanol–water partition coefficient (Wildman–Crippen LogP) is 2.18. The van der Waals surface area contributed by atoms with Gasteiger partial charge in [-0.2, -0.15) is 0 Å². The molecule has 4 atom stereocenters. The van der Waals surface area contributed by atoms with Crippen LogP contribution >= 0.6 is 0 Å². The zero-order valence-electron chi connectivity index (χ0n) is 14.4. The maximum atomic E-state index is 9.87. The summed E-state index contributed by atoms with van der Waals surface area (Å²) in [6, 6.07) is 0. The Kier molecular flexibility index (Phi) is 11.5. The fourth-order valence-corrected chi connectivity index (χ4v) is 2.78. The van der Waals surface area contributed by atoms with Gasteiger partial charge >= 0.3 is 0 Å². The van der Waals surface area contributed by atoms with Crippen molar-refractivity contribution in [1.82, 2.24) is 0 Å². The van der Waals surface area contributed by atoms with Crippen LogP contribution in [0.3, 0.4) is 0 Å². The van der Waals surface area contributed by atoms with Crippen molar-refractivity contribution in [2.75, 3.05) is 19.8 Å². The molecule has 1 heterocycles. The molecule has 0 saturated carbocycles. The third-order valence-electron chi connectivity index (χ3n) is 4.25. The molecular formula is C18H34O5. The molecule has 1 aliphatic heterocycles. The summed E-state index contributed by atoms with van der Waals surface area (Å²) in [6.07, 6.45) is 10.5. The van der Waals surface area contributed by atoms with Crippen molar-refractivity contribution in [3.63, 3.8) is 0 Å². The van der Waals surface area contributed by atoms with E-state index in [0.29, 0.717) is 6.61 Å². The first kappa shape index (κ1) is 20.6. The number of rotatable bonds is 13. The molecule has 0 bridgehead atoms. The van der Waals surface area contributed by atoms with Crippen LogP contribution < -0.4 is 0 Å². The van der Waals surface area contributed by atoms with Crippen molar-refractivity contribution in [2.45, 2.75) is 82.7 Å². The van der Waals surface area contributed by atoms with Crippen LogP contribution in [0.5, 0.6) is 0 Å².